The minimum Gasteiger partial charge on any atom is -0.354 e. The highest BCUT2D eigenvalue weighted by atomic mass is 35.5. The van der Waals surface area contributed by atoms with Gasteiger partial charge in [0.1, 0.15) is 5.82 Å². The zero-order valence-electron chi connectivity index (χ0n) is 11.3. The molecule has 1 aromatic heterocycles. The Morgan fingerprint density at radius 1 is 1.58 bits per heavy atom. The van der Waals surface area contributed by atoms with Crippen molar-refractivity contribution in [2.75, 3.05) is 6.54 Å². The smallest absolute Gasteiger partial charge is 0.240 e. The number of nitrogens with zero attached hydrogens (tertiary/aromatic N) is 2. The van der Waals surface area contributed by atoms with Crippen LogP contribution < -0.4 is 11.1 Å². The summed E-state index contributed by atoms with van der Waals surface area (Å²) in [5, 5.41) is 2.92. The van der Waals surface area contributed by atoms with Crippen LogP contribution in [0.15, 0.2) is 12.4 Å². The first kappa shape index (κ1) is 18.2. The van der Waals surface area contributed by atoms with Gasteiger partial charge in [-0.2, -0.15) is 0 Å². The van der Waals surface area contributed by atoms with E-state index in [4.69, 9.17) is 5.73 Å². The van der Waals surface area contributed by atoms with Crippen LogP contribution in [0.2, 0.25) is 0 Å². The van der Waals surface area contributed by atoms with Gasteiger partial charge in [0.25, 0.3) is 0 Å². The lowest BCUT2D eigenvalue weighted by Crippen LogP contribution is -2.44. The van der Waals surface area contributed by atoms with Crippen LogP contribution >= 0.6 is 24.8 Å². The van der Waals surface area contributed by atoms with Gasteiger partial charge in [0, 0.05) is 25.5 Å². The standard InChI is InChI=1S/C12H20N4O.2ClH/c1-9(8-16-6-5-14-10(16)2)7-15-11(17)12(13)3-4-12;;/h5-6,9H,3-4,7-8,13H2,1-2H3,(H,15,17);2*1H. The third-order valence-corrected chi connectivity index (χ3v) is 3.28. The summed E-state index contributed by atoms with van der Waals surface area (Å²) in [4.78, 5) is 15.8. The van der Waals surface area contributed by atoms with Gasteiger partial charge in [-0.15, -0.1) is 24.8 Å². The molecule has 3 N–H and O–H groups in total. The monoisotopic (exact) mass is 308 g/mol. The molecule has 1 aliphatic carbocycles. The van der Waals surface area contributed by atoms with Crippen molar-refractivity contribution >= 4 is 30.7 Å². The van der Waals surface area contributed by atoms with E-state index in [-0.39, 0.29) is 30.7 Å². The Kier molecular flexibility index (Phi) is 6.83. The summed E-state index contributed by atoms with van der Waals surface area (Å²) in [6.07, 6.45) is 5.38. The summed E-state index contributed by atoms with van der Waals surface area (Å²) < 4.78 is 2.09. The van der Waals surface area contributed by atoms with Crippen LogP contribution in [0.5, 0.6) is 0 Å². The highest BCUT2D eigenvalue weighted by Crippen LogP contribution is 2.32. The van der Waals surface area contributed by atoms with Gasteiger partial charge < -0.3 is 15.6 Å². The van der Waals surface area contributed by atoms with Crippen molar-refractivity contribution in [1.29, 1.82) is 0 Å². The third kappa shape index (κ3) is 4.67. The molecule has 19 heavy (non-hydrogen) atoms. The van der Waals surface area contributed by atoms with Crippen molar-refractivity contribution in [2.45, 2.75) is 38.8 Å². The summed E-state index contributed by atoms with van der Waals surface area (Å²) in [5.41, 5.74) is 5.24. The van der Waals surface area contributed by atoms with Crippen molar-refractivity contribution in [3.8, 4) is 0 Å². The number of aromatic nitrogens is 2. The fourth-order valence-corrected chi connectivity index (χ4v) is 1.80. The van der Waals surface area contributed by atoms with Crippen LogP contribution in [0, 0.1) is 12.8 Å². The Balaban J connectivity index is 0.00000162. The molecule has 0 aliphatic heterocycles. The first-order valence-corrected chi connectivity index (χ1v) is 6.06. The molecular formula is C12H22Cl2N4O. The minimum atomic E-state index is -0.565. The Labute approximate surface area is 126 Å². The highest BCUT2D eigenvalue weighted by molar-refractivity contribution is 5.88. The number of carbonyl (C=O) groups is 1. The van der Waals surface area contributed by atoms with Gasteiger partial charge in [-0.1, -0.05) is 6.92 Å². The second-order valence-electron chi connectivity index (χ2n) is 5.10. The molecule has 1 unspecified atom stereocenters. The second-order valence-corrected chi connectivity index (χ2v) is 5.10. The molecule has 1 heterocycles. The zero-order chi connectivity index (χ0) is 12.5. The first-order valence-electron chi connectivity index (χ1n) is 6.06. The molecule has 2 rings (SSSR count). The van der Waals surface area contributed by atoms with Gasteiger partial charge in [-0.25, -0.2) is 4.98 Å². The molecule has 1 fully saturated rings. The number of nitrogens with two attached hydrogens (primary N) is 1. The van der Waals surface area contributed by atoms with E-state index in [1.54, 1.807) is 6.20 Å². The summed E-state index contributed by atoms with van der Waals surface area (Å²) in [6.45, 7) is 5.61. The summed E-state index contributed by atoms with van der Waals surface area (Å²) in [7, 11) is 0. The summed E-state index contributed by atoms with van der Waals surface area (Å²) in [5.74, 6) is 1.36. The average molecular weight is 309 g/mol. The number of aryl methyl sites for hydroxylation is 1. The van der Waals surface area contributed by atoms with E-state index in [1.165, 1.54) is 0 Å². The SMILES string of the molecule is Cc1nccn1CC(C)CNC(=O)C1(N)CC1.Cl.Cl. The van der Waals surface area contributed by atoms with Gasteiger partial charge >= 0.3 is 0 Å². The van der Waals surface area contributed by atoms with Crippen molar-refractivity contribution in [2.24, 2.45) is 11.7 Å². The zero-order valence-corrected chi connectivity index (χ0v) is 12.9. The lowest BCUT2D eigenvalue weighted by molar-refractivity contribution is -0.123. The molecule has 5 nitrogen and oxygen atoms in total. The van der Waals surface area contributed by atoms with Crippen LogP contribution in [-0.2, 0) is 11.3 Å². The Hall–Kier alpha value is -0.780. The summed E-state index contributed by atoms with van der Waals surface area (Å²) >= 11 is 0. The van der Waals surface area contributed by atoms with Gasteiger partial charge in [-0.3, -0.25) is 4.79 Å². The molecule has 1 aromatic rings. The van der Waals surface area contributed by atoms with Gasteiger partial charge in [-0.05, 0) is 25.7 Å². The van der Waals surface area contributed by atoms with Crippen molar-refractivity contribution in [3.05, 3.63) is 18.2 Å². The fourth-order valence-electron chi connectivity index (χ4n) is 1.80. The molecule has 1 aliphatic rings. The lowest BCUT2D eigenvalue weighted by Gasteiger charge is -2.16. The van der Waals surface area contributed by atoms with E-state index in [0.29, 0.717) is 12.5 Å². The maximum absolute atomic E-state index is 11.6. The predicted octanol–water partition coefficient (Wildman–Crippen LogP) is 1.28. The third-order valence-electron chi connectivity index (χ3n) is 3.28. The molecule has 0 saturated heterocycles. The molecule has 0 spiro atoms. The van der Waals surface area contributed by atoms with E-state index in [2.05, 4.69) is 21.8 Å². The number of amides is 1. The van der Waals surface area contributed by atoms with Crippen LogP contribution in [0.4, 0.5) is 0 Å². The lowest BCUT2D eigenvalue weighted by atomic mass is 10.1. The number of hydrogen-bond acceptors (Lipinski definition) is 3. The predicted molar refractivity (Wildman–Crippen MR) is 79.8 cm³/mol. The molecule has 0 radical (unpaired) electrons. The van der Waals surface area contributed by atoms with Crippen molar-refractivity contribution < 1.29 is 4.79 Å². The second kappa shape index (κ2) is 7.12. The molecule has 0 bridgehead atoms. The fraction of sp³-hybridized carbons (Fsp3) is 0.667. The van der Waals surface area contributed by atoms with Crippen molar-refractivity contribution in [1.82, 2.24) is 14.9 Å². The maximum Gasteiger partial charge on any atom is 0.240 e. The van der Waals surface area contributed by atoms with Crippen molar-refractivity contribution in [3.63, 3.8) is 0 Å². The quantitative estimate of drug-likeness (QED) is 0.860. The summed E-state index contributed by atoms with van der Waals surface area (Å²) in [6, 6.07) is 0. The molecule has 1 atom stereocenters. The number of imidazole rings is 1. The van der Waals surface area contributed by atoms with E-state index in [9.17, 15) is 4.79 Å². The maximum atomic E-state index is 11.6. The van der Waals surface area contributed by atoms with Crippen LogP contribution in [0.25, 0.3) is 0 Å². The van der Waals surface area contributed by atoms with Gasteiger partial charge in [0.05, 0.1) is 5.54 Å². The Morgan fingerprint density at radius 3 is 2.68 bits per heavy atom. The minimum absolute atomic E-state index is 0. The number of halogens is 2. The highest BCUT2D eigenvalue weighted by Gasteiger charge is 2.45. The number of rotatable bonds is 5. The number of nitrogens with one attached hydrogen (secondary N) is 1. The molecule has 1 amide bonds. The molecule has 110 valence electrons. The average Bonchev–Trinajstić information content (AvgIpc) is 2.92. The molecule has 7 heteroatoms. The molecular weight excluding hydrogens is 287 g/mol. The topological polar surface area (TPSA) is 72.9 Å². The Morgan fingerprint density at radius 2 is 2.21 bits per heavy atom. The van der Waals surface area contributed by atoms with Gasteiger partial charge in [0.15, 0.2) is 0 Å². The Bertz CT molecular complexity index is 418. The van der Waals surface area contributed by atoms with Gasteiger partial charge in [0.2, 0.25) is 5.91 Å². The molecule has 0 aromatic carbocycles. The van der Waals surface area contributed by atoms with Crippen LogP contribution in [-0.4, -0.2) is 27.5 Å². The van der Waals surface area contributed by atoms with E-state index in [1.807, 2.05) is 13.1 Å². The number of hydrogen-bond donors (Lipinski definition) is 2. The van der Waals surface area contributed by atoms with Crippen LogP contribution in [0.1, 0.15) is 25.6 Å². The van der Waals surface area contributed by atoms with Crippen LogP contribution in [0.3, 0.4) is 0 Å². The molecule has 1 saturated carbocycles. The largest absolute Gasteiger partial charge is 0.354 e. The van der Waals surface area contributed by atoms with E-state index in [0.717, 1.165) is 25.2 Å². The first-order chi connectivity index (χ1) is 8.01. The van der Waals surface area contributed by atoms with E-state index < -0.39 is 5.54 Å². The normalized spacial score (nSPS) is 16.8. The van der Waals surface area contributed by atoms with E-state index >= 15 is 0 Å². The number of carbonyl (C=O) groups excluding carboxylic acids is 1.